The average molecular weight is 350 g/mol. The van der Waals surface area contributed by atoms with E-state index in [0.29, 0.717) is 9.98 Å². The predicted molar refractivity (Wildman–Crippen MR) is 106 cm³/mol. The van der Waals surface area contributed by atoms with E-state index in [1.54, 1.807) is 12.4 Å². The standard InChI is InChI=1S/C18H14N4S2/c23-17(15-5-1-3-11-19-15)21-13-7-9-14(10-8-13)22-18(24)16-6-2-4-12-20-16/h1-12H,(H,21,23)(H,22,24). The number of hydrogen-bond acceptors (Lipinski definition) is 4. The Morgan fingerprint density at radius 1 is 0.625 bits per heavy atom. The van der Waals surface area contributed by atoms with Crippen molar-refractivity contribution in [3.05, 3.63) is 84.4 Å². The SMILES string of the molecule is S=C(Nc1ccc(NC(=S)c2ccccn2)cc1)c1ccccn1. The molecule has 0 fully saturated rings. The van der Waals surface area contributed by atoms with Crippen LogP contribution in [0.25, 0.3) is 0 Å². The van der Waals surface area contributed by atoms with Crippen LogP contribution in [-0.2, 0) is 0 Å². The Morgan fingerprint density at radius 3 is 1.38 bits per heavy atom. The summed E-state index contributed by atoms with van der Waals surface area (Å²) in [5.74, 6) is 0. The highest BCUT2D eigenvalue weighted by Crippen LogP contribution is 2.15. The van der Waals surface area contributed by atoms with Gasteiger partial charge in [-0.2, -0.15) is 0 Å². The molecule has 2 aromatic heterocycles. The van der Waals surface area contributed by atoms with Crippen molar-refractivity contribution in [1.82, 2.24) is 9.97 Å². The first kappa shape index (κ1) is 16.2. The second-order valence-electron chi connectivity index (χ2n) is 4.92. The molecule has 0 aliphatic rings. The third kappa shape index (κ3) is 4.18. The molecule has 118 valence electrons. The Labute approximate surface area is 151 Å². The number of aromatic nitrogens is 2. The van der Waals surface area contributed by atoms with E-state index in [4.69, 9.17) is 24.4 Å². The monoisotopic (exact) mass is 350 g/mol. The number of rotatable bonds is 4. The predicted octanol–water partition coefficient (Wildman–Crippen LogP) is 4.05. The molecule has 0 saturated heterocycles. The molecule has 2 heterocycles. The fourth-order valence-corrected chi connectivity index (χ4v) is 2.50. The second-order valence-corrected chi connectivity index (χ2v) is 5.73. The maximum atomic E-state index is 5.35. The summed E-state index contributed by atoms with van der Waals surface area (Å²) in [5.41, 5.74) is 3.26. The van der Waals surface area contributed by atoms with Crippen LogP contribution in [0.2, 0.25) is 0 Å². The number of nitrogens with one attached hydrogen (secondary N) is 2. The average Bonchev–Trinajstić information content (AvgIpc) is 2.65. The van der Waals surface area contributed by atoms with E-state index in [1.165, 1.54) is 0 Å². The van der Waals surface area contributed by atoms with Gasteiger partial charge in [0.2, 0.25) is 0 Å². The van der Waals surface area contributed by atoms with Crippen molar-refractivity contribution in [1.29, 1.82) is 0 Å². The van der Waals surface area contributed by atoms with Gasteiger partial charge in [-0.1, -0.05) is 36.6 Å². The first-order chi connectivity index (χ1) is 11.7. The molecule has 3 aromatic rings. The first-order valence-electron chi connectivity index (χ1n) is 7.27. The fourth-order valence-electron chi connectivity index (χ4n) is 2.02. The van der Waals surface area contributed by atoms with E-state index in [0.717, 1.165) is 22.8 Å². The lowest BCUT2D eigenvalue weighted by Gasteiger charge is -2.10. The van der Waals surface area contributed by atoms with E-state index in [1.807, 2.05) is 60.7 Å². The Hall–Kier alpha value is -2.70. The van der Waals surface area contributed by atoms with E-state index in [2.05, 4.69) is 20.6 Å². The van der Waals surface area contributed by atoms with Crippen LogP contribution in [0.3, 0.4) is 0 Å². The minimum absolute atomic E-state index is 0.584. The molecule has 0 saturated carbocycles. The highest BCUT2D eigenvalue weighted by Gasteiger charge is 2.04. The Morgan fingerprint density at radius 2 is 1.04 bits per heavy atom. The highest BCUT2D eigenvalue weighted by atomic mass is 32.1. The van der Waals surface area contributed by atoms with Crippen LogP contribution in [-0.4, -0.2) is 19.9 Å². The molecule has 0 amide bonds. The number of nitrogens with zero attached hydrogens (tertiary/aromatic N) is 2. The molecule has 0 aliphatic carbocycles. The summed E-state index contributed by atoms with van der Waals surface area (Å²) in [7, 11) is 0. The summed E-state index contributed by atoms with van der Waals surface area (Å²) in [6.07, 6.45) is 3.43. The summed E-state index contributed by atoms with van der Waals surface area (Å²) in [6, 6.07) is 19.0. The maximum Gasteiger partial charge on any atom is 0.129 e. The quantitative estimate of drug-likeness (QED) is 0.692. The van der Waals surface area contributed by atoms with E-state index in [-0.39, 0.29) is 0 Å². The summed E-state index contributed by atoms with van der Waals surface area (Å²) < 4.78 is 0. The van der Waals surface area contributed by atoms with Crippen LogP contribution in [0.4, 0.5) is 11.4 Å². The van der Waals surface area contributed by atoms with Crippen LogP contribution in [0.15, 0.2) is 73.1 Å². The number of pyridine rings is 2. The zero-order valence-corrected chi connectivity index (χ0v) is 14.3. The first-order valence-corrected chi connectivity index (χ1v) is 8.09. The highest BCUT2D eigenvalue weighted by molar-refractivity contribution is 7.81. The molecule has 2 N–H and O–H groups in total. The van der Waals surface area contributed by atoms with Crippen LogP contribution in [0.5, 0.6) is 0 Å². The molecule has 0 aliphatic heterocycles. The normalized spacial score (nSPS) is 10.0. The number of hydrogen-bond donors (Lipinski definition) is 2. The summed E-state index contributed by atoms with van der Waals surface area (Å²) in [4.78, 5) is 9.62. The molecule has 0 radical (unpaired) electrons. The summed E-state index contributed by atoms with van der Waals surface area (Å²) in [6.45, 7) is 0. The number of benzene rings is 1. The van der Waals surface area contributed by atoms with Crippen molar-refractivity contribution >= 4 is 45.8 Å². The molecular weight excluding hydrogens is 336 g/mol. The van der Waals surface area contributed by atoms with Gasteiger partial charge < -0.3 is 10.6 Å². The molecule has 3 rings (SSSR count). The minimum atomic E-state index is 0.584. The van der Waals surface area contributed by atoms with E-state index < -0.39 is 0 Å². The molecule has 1 aromatic carbocycles. The lowest BCUT2D eigenvalue weighted by molar-refractivity contribution is 1.30. The zero-order chi connectivity index (χ0) is 16.8. The number of anilines is 2. The molecule has 6 heteroatoms. The Bertz CT molecular complexity index is 761. The molecule has 0 bridgehead atoms. The molecule has 4 nitrogen and oxygen atoms in total. The molecular formula is C18H14N4S2. The van der Waals surface area contributed by atoms with Gasteiger partial charge >= 0.3 is 0 Å². The van der Waals surface area contributed by atoms with Gasteiger partial charge in [-0.15, -0.1) is 0 Å². The second kappa shape index (κ2) is 7.72. The largest absolute Gasteiger partial charge is 0.345 e. The smallest absolute Gasteiger partial charge is 0.129 e. The van der Waals surface area contributed by atoms with Gasteiger partial charge in [-0.3, -0.25) is 9.97 Å². The fraction of sp³-hybridized carbons (Fsp3) is 0. The third-order valence-electron chi connectivity index (χ3n) is 3.20. The van der Waals surface area contributed by atoms with Gasteiger partial charge in [0.15, 0.2) is 0 Å². The topological polar surface area (TPSA) is 49.8 Å². The van der Waals surface area contributed by atoms with Gasteiger partial charge in [0.05, 0.1) is 11.4 Å². The third-order valence-corrected chi connectivity index (χ3v) is 3.82. The molecule has 0 atom stereocenters. The molecule has 0 spiro atoms. The van der Waals surface area contributed by atoms with E-state index in [9.17, 15) is 0 Å². The Balaban J connectivity index is 1.63. The number of thiocarbonyl (C=S) groups is 2. The van der Waals surface area contributed by atoms with Gasteiger partial charge in [-0.05, 0) is 48.5 Å². The van der Waals surface area contributed by atoms with Crippen molar-refractivity contribution in [2.75, 3.05) is 10.6 Å². The van der Waals surface area contributed by atoms with Crippen LogP contribution in [0.1, 0.15) is 11.4 Å². The minimum Gasteiger partial charge on any atom is -0.345 e. The van der Waals surface area contributed by atoms with Crippen molar-refractivity contribution in [2.45, 2.75) is 0 Å². The van der Waals surface area contributed by atoms with Crippen molar-refractivity contribution in [2.24, 2.45) is 0 Å². The van der Waals surface area contributed by atoms with Gasteiger partial charge in [0.1, 0.15) is 9.98 Å². The molecule has 0 unspecified atom stereocenters. The Kier molecular flexibility index (Phi) is 5.20. The lowest BCUT2D eigenvalue weighted by atomic mass is 10.2. The summed E-state index contributed by atoms with van der Waals surface area (Å²) in [5, 5.41) is 6.33. The van der Waals surface area contributed by atoms with Gasteiger partial charge in [-0.25, -0.2) is 0 Å². The molecule has 24 heavy (non-hydrogen) atoms. The zero-order valence-electron chi connectivity index (χ0n) is 12.6. The van der Waals surface area contributed by atoms with Crippen molar-refractivity contribution in [3.63, 3.8) is 0 Å². The van der Waals surface area contributed by atoms with Gasteiger partial charge in [0.25, 0.3) is 0 Å². The van der Waals surface area contributed by atoms with Crippen molar-refractivity contribution < 1.29 is 0 Å². The van der Waals surface area contributed by atoms with Gasteiger partial charge in [0, 0.05) is 23.8 Å². The summed E-state index contributed by atoms with van der Waals surface area (Å²) >= 11 is 10.7. The van der Waals surface area contributed by atoms with E-state index >= 15 is 0 Å². The maximum absolute atomic E-state index is 5.35. The van der Waals surface area contributed by atoms with Crippen LogP contribution in [0, 0.1) is 0 Å². The van der Waals surface area contributed by atoms with Crippen LogP contribution >= 0.6 is 24.4 Å². The van der Waals surface area contributed by atoms with Crippen LogP contribution < -0.4 is 10.6 Å². The lowest BCUT2D eigenvalue weighted by Crippen LogP contribution is -2.13. The van der Waals surface area contributed by atoms with Crippen molar-refractivity contribution in [3.8, 4) is 0 Å².